The van der Waals surface area contributed by atoms with Gasteiger partial charge in [0.1, 0.15) is 0 Å². The summed E-state index contributed by atoms with van der Waals surface area (Å²) in [5.41, 5.74) is 6.30. The molecule has 4 nitrogen and oxygen atoms in total. The zero-order valence-corrected chi connectivity index (χ0v) is 20.0. The van der Waals surface area contributed by atoms with Crippen molar-refractivity contribution in [1.29, 1.82) is 0 Å². The summed E-state index contributed by atoms with van der Waals surface area (Å²) in [6.07, 6.45) is 7.29. The van der Waals surface area contributed by atoms with Crippen LogP contribution in [0.1, 0.15) is 58.4 Å². The topological polar surface area (TPSA) is 54.0 Å². The number of carbonyl (C=O) groups is 1. The highest BCUT2D eigenvalue weighted by Crippen LogP contribution is 2.33. The Balaban J connectivity index is 1.41. The molecule has 1 aliphatic heterocycles. The van der Waals surface area contributed by atoms with Gasteiger partial charge in [0.25, 0.3) is 5.91 Å². The van der Waals surface area contributed by atoms with E-state index in [4.69, 9.17) is 16.6 Å². The van der Waals surface area contributed by atoms with Crippen molar-refractivity contribution in [2.45, 2.75) is 57.9 Å². The van der Waals surface area contributed by atoms with Gasteiger partial charge in [-0.1, -0.05) is 47.5 Å². The number of halogens is 1. The molecule has 0 spiro atoms. The predicted molar refractivity (Wildman–Crippen MR) is 135 cm³/mol. The third-order valence-corrected chi connectivity index (χ3v) is 7.69. The van der Waals surface area contributed by atoms with Gasteiger partial charge in [-0.15, -0.1) is 0 Å². The van der Waals surface area contributed by atoms with Gasteiger partial charge in [-0.25, -0.2) is 0 Å². The van der Waals surface area contributed by atoms with E-state index in [0.29, 0.717) is 11.5 Å². The molecule has 172 valence electrons. The van der Waals surface area contributed by atoms with Gasteiger partial charge in [-0.05, 0) is 94.1 Å². The van der Waals surface area contributed by atoms with Crippen LogP contribution in [0.25, 0.3) is 10.9 Å². The molecule has 1 fully saturated rings. The number of fused-ring (bicyclic) bond motifs is 2. The standard InChI is InChI=1S/C28H32ClN3O/c1-18-5-4-6-19(15-18)16-25(20-11-13-30-14-12-20)32-28(33)21-9-10-23-26(17-21)31-24-8-3-2-7-22(24)27(23)29/h4-6,9-10,15,17,20,25,30H,2-3,7-8,11-14,16H2,1H3,(H,32,33). The smallest absolute Gasteiger partial charge is 0.251 e. The molecule has 2 aromatic carbocycles. The third-order valence-electron chi connectivity index (χ3n) is 7.26. The number of hydrogen-bond donors (Lipinski definition) is 2. The quantitative estimate of drug-likeness (QED) is 0.533. The second kappa shape index (κ2) is 9.82. The second-order valence-corrected chi connectivity index (χ2v) is 10.0. The van der Waals surface area contributed by atoms with E-state index in [2.05, 4.69) is 41.8 Å². The van der Waals surface area contributed by atoms with Crippen LogP contribution >= 0.6 is 11.6 Å². The maximum atomic E-state index is 13.4. The molecule has 2 aliphatic rings. The fourth-order valence-electron chi connectivity index (χ4n) is 5.44. The molecule has 0 bridgehead atoms. The van der Waals surface area contributed by atoms with E-state index in [1.54, 1.807) is 0 Å². The molecular weight excluding hydrogens is 430 g/mol. The second-order valence-electron chi connectivity index (χ2n) is 9.65. The van der Waals surface area contributed by atoms with Crippen LogP contribution in [0.2, 0.25) is 5.02 Å². The number of benzene rings is 2. The number of piperidine rings is 1. The maximum absolute atomic E-state index is 13.4. The van der Waals surface area contributed by atoms with E-state index in [-0.39, 0.29) is 11.9 Å². The highest BCUT2D eigenvalue weighted by atomic mass is 35.5. The van der Waals surface area contributed by atoms with Crippen molar-refractivity contribution >= 4 is 28.4 Å². The van der Waals surface area contributed by atoms with Crippen molar-refractivity contribution in [3.8, 4) is 0 Å². The molecule has 0 radical (unpaired) electrons. The van der Waals surface area contributed by atoms with E-state index in [1.807, 2.05) is 18.2 Å². The first-order chi connectivity index (χ1) is 16.1. The van der Waals surface area contributed by atoms with Crippen LogP contribution in [0.15, 0.2) is 42.5 Å². The highest BCUT2D eigenvalue weighted by molar-refractivity contribution is 6.36. The molecule has 1 amide bonds. The molecule has 0 saturated carbocycles. The Morgan fingerprint density at radius 3 is 2.79 bits per heavy atom. The molecule has 2 heterocycles. The fourth-order valence-corrected chi connectivity index (χ4v) is 5.80. The minimum atomic E-state index is -0.0243. The number of nitrogens with zero attached hydrogens (tertiary/aromatic N) is 1. The van der Waals surface area contributed by atoms with Crippen molar-refractivity contribution in [1.82, 2.24) is 15.6 Å². The van der Waals surface area contributed by atoms with Crippen molar-refractivity contribution in [2.75, 3.05) is 13.1 Å². The molecule has 1 saturated heterocycles. The third kappa shape index (κ3) is 4.92. The van der Waals surface area contributed by atoms with Crippen LogP contribution < -0.4 is 10.6 Å². The lowest BCUT2D eigenvalue weighted by Gasteiger charge is -2.31. The lowest BCUT2D eigenvalue weighted by atomic mass is 9.86. The lowest BCUT2D eigenvalue weighted by molar-refractivity contribution is 0.0914. The zero-order chi connectivity index (χ0) is 22.8. The molecule has 2 N–H and O–H groups in total. The maximum Gasteiger partial charge on any atom is 0.251 e. The summed E-state index contributed by atoms with van der Waals surface area (Å²) in [5.74, 6) is 0.444. The molecule has 3 aromatic rings. The number of amides is 1. The number of rotatable bonds is 5. The summed E-state index contributed by atoms with van der Waals surface area (Å²) >= 11 is 6.73. The van der Waals surface area contributed by atoms with Gasteiger partial charge in [0.05, 0.1) is 10.5 Å². The van der Waals surface area contributed by atoms with Gasteiger partial charge in [0.2, 0.25) is 0 Å². The number of hydrogen-bond acceptors (Lipinski definition) is 3. The first kappa shape index (κ1) is 22.4. The summed E-state index contributed by atoms with van der Waals surface area (Å²) in [4.78, 5) is 18.3. The number of nitrogens with one attached hydrogen (secondary N) is 2. The molecule has 5 rings (SSSR count). The largest absolute Gasteiger partial charge is 0.349 e. The molecule has 5 heteroatoms. The lowest BCUT2D eigenvalue weighted by Crippen LogP contribution is -2.45. The molecule has 33 heavy (non-hydrogen) atoms. The van der Waals surface area contributed by atoms with Crippen molar-refractivity contribution in [2.24, 2.45) is 5.92 Å². The van der Waals surface area contributed by atoms with Crippen LogP contribution in [-0.2, 0) is 19.3 Å². The molecule has 1 atom stereocenters. The van der Waals surface area contributed by atoms with Gasteiger partial charge >= 0.3 is 0 Å². The minimum Gasteiger partial charge on any atom is -0.349 e. The van der Waals surface area contributed by atoms with E-state index in [1.165, 1.54) is 23.1 Å². The first-order valence-electron chi connectivity index (χ1n) is 12.3. The van der Waals surface area contributed by atoms with E-state index in [9.17, 15) is 4.79 Å². The summed E-state index contributed by atoms with van der Waals surface area (Å²) < 4.78 is 0. The van der Waals surface area contributed by atoms with Crippen molar-refractivity contribution in [3.63, 3.8) is 0 Å². The predicted octanol–water partition coefficient (Wildman–Crippen LogP) is 5.42. The summed E-state index contributed by atoms with van der Waals surface area (Å²) in [7, 11) is 0. The van der Waals surface area contributed by atoms with Crippen molar-refractivity contribution in [3.05, 3.63) is 75.4 Å². The molecule has 1 aromatic heterocycles. The Bertz CT molecular complexity index is 1170. The molecular formula is C28H32ClN3O. The molecule has 1 unspecified atom stereocenters. The van der Waals surface area contributed by atoms with Gasteiger partial charge in [0.15, 0.2) is 0 Å². The summed E-state index contributed by atoms with van der Waals surface area (Å²) in [6.45, 7) is 4.14. The summed E-state index contributed by atoms with van der Waals surface area (Å²) in [6, 6.07) is 14.5. The van der Waals surface area contributed by atoms with Crippen LogP contribution in [0.3, 0.4) is 0 Å². The zero-order valence-electron chi connectivity index (χ0n) is 19.3. The van der Waals surface area contributed by atoms with E-state index < -0.39 is 0 Å². The van der Waals surface area contributed by atoms with Gasteiger partial charge in [0, 0.05) is 22.7 Å². The Morgan fingerprint density at radius 1 is 1.15 bits per heavy atom. The van der Waals surface area contributed by atoms with Gasteiger partial charge in [-0.2, -0.15) is 0 Å². The van der Waals surface area contributed by atoms with E-state index >= 15 is 0 Å². The summed E-state index contributed by atoms with van der Waals surface area (Å²) in [5, 5.41) is 8.59. The van der Waals surface area contributed by atoms with Crippen LogP contribution in [0.4, 0.5) is 0 Å². The SMILES string of the molecule is Cc1cccc(CC(NC(=O)c2ccc3c(Cl)c4c(nc3c2)CCCC4)C2CCNCC2)c1. The van der Waals surface area contributed by atoms with Crippen LogP contribution in [0.5, 0.6) is 0 Å². The van der Waals surface area contributed by atoms with Gasteiger partial charge < -0.3 is 10.6 Å². The Labute approximate surface area is 201 Å². The van der Waals surface area contributed by atoms with Gasteiger partial charge in [-0.3, -0.25) is 9.78 Å². The number of aromatic nitrogens is 1. The van der Waals surface area contributed by atoms with Crippen LogP contribution in [-0.4, -0.2) is 30.0 Å². The number of carbonyl (C=O) groups excluding carboxylic acids is 1. The number of aryl methyl sites for hydroxylation is 2. The van der Waals surface area contributed by atoms with E-state index in [0.717, 1.165) is 73.2 Å². The fraction of sp³-hybridized carbons (Fsp3) is 0.429. The van der Waals surface area contributed by atoms with Crippen LogP contribution in [0, 0.1) is 12.8 Å². The Kier molecular flexibility index (Phi) is 6.66. The Morgan fingerprint density at radius 2 is 1.97 bits per heavy atom. The highest BCUT2D eigenvalue weighted by Gasteiger charge is 2.26. The molecule has 1 aliphatic carbocycles. The normalized spacial score (nSPS) is 17.5. The average Bonchev–Trinajstić information content (AvgIpc) is 2.84. The Hall–Kier alpha value is -2.43. The number of pyridine rings is 1. The van der Waals surface area contributed by atoms with Crippen molar-refractivity contribution < 1.29 is 4.79 Å². The first-order valence-corrected chi connectivity index (χ1v) is 12.6. The minimum absolute atomic E-state index is 0.0243. The monoisotopic (exact) mass is 461 g/mol. The average molecular weight is 462 g/mol.